The average molecular weight is 361 g/mol. The van der Waals surface area contributed by atoms with E-state index in [4.69, 9.17) is 5.73 Å². The smallest absolute Gasteiger partial charge is 0.164 e. The highest BCUT2D eigenvalue weighted by atomic mass is 16.3. The monoisotopic (exact) mass is 361 g/mol. The van der Waals surface area contributed by atoms with E-state index in [0.717, 1.165) is 16.7 Å². The summed E-state index contributed by atoms with van der Waals surface area (Å²) in [5.41, 5.74) is 9.77. The van der Waals surface area contributed by atoms with Gasteiger partial charge in [0.05, 0.1) is 24.6 Å². The second-order valence-corrected chi connectivity index (χ2v) is 6.27. The highest BCUT2D eigenvalue weighted by Crippen LogP contribution is 2.31. The van der Waals surface area contributed by atoms with E-state index >= 15 is 0 Å². The van der Waals surface area contributed by atoms with E-state index < -0.39 is 6.10 Å². The molecule has 0 aliphatic heterocycles. The van der Waals surface area contributed by atoms with Crippen LogP contribution in [0.2, 0.25) is 0 Å². The molecule has 4 rings (SSSR count). The number of rotatable bonds is 5. The molecular weight excluding hydrogens is 342 g/mol. The molecule has 0 saturated heterocycles. The van der Waals surface area contributed by atoms with Crippen molar-refractivity contribution in [3.8, 4) is 11.3 Å². The lowest BCUT2D eigenvalue weighted by Gasteiger charge is -2.11. The number of nitrogens with zero attached hydrogens (tertiary/aromatic N) is 4. The van der Waals surface area contributed by atoms with Gasteiger partial charge in [0.1, 0.15) is 17.8 Å². The van der Waals surface area contributed by atoms with Gasteiger partial charge in [-0.15, -0.1) is 0 Å². The molecule has 7 heteroatoms. The Bertz CT molecular complexity index is 1060. The van der Waals surface area contributed by atoms with Crippen LogP contribution in [-0.2, 0) is 13.2 Å². The van der Waals surface area contributed by atoms with Crippen molar-refractivity contribution >= 4 is 16.9 Å². The van der Waals surface area contributed by atoms with Crippen LogP contribution in [0.3, 0.4) is 0 Å². The van der Waals surface area contributed by atoms with Crippen molar-refractivity contribution < 1.29 is 10.2 Å². The molecule has 27 heavy (non-hydrogen) atoms. The maximum absolute atomic E-state index is 10.6. The molecule has 0 aliphatic carbocycles. The van der Waals surface area contributed by atoms with Crippen LogP contribution in [0.15, 0.2) is 60.9 Å². The van der Waals surface area contributed by atoms with Gasteiger partial charge in [0, 0.05) is 5.56 Å². The van der Waals surface area contributed by atoms with Gasteiger partial charge < -0.3 is 15.9 Å². The van der Waals surface area contributed by atoms with Crippen molar-refractivity contribution in [2.45, 2.75) is 19.3 Å². The molecule has 1 unspecified atom stereocenters. The molecule has 136 valence electrons. The van der Waals surface area contributed by atoms with Crippen molar-refractivity contribution in [1.82, 2.24) is 19.7 Å². The summed E-state index contributed by atoms with van der Waals surface area (Å²) in [6.07, 6.45) is 0.665. The minimum absolute atomic E-state index is 0.0238. The number of anilines is 1. The third kappa shape index (κ3) is 3.25. The molecule has 0 amide bonds. The Morgan fingerprint density at radius 1 is 1.00 bits per heavy atom. The maximum Gasteiger partial charge on any atom is 0.164 e. The molecule has 7 nitrogen and oxygen atoms in total. The van der Waals surface area contributed by atoms with Crippen molar-refractivity contribution in [2.24, 2.45) is 0 Å². The van der Waals surface area contributed by atoms with Gasteiger partial charge in [-0.05, 0) is 11.1 Å². The Kier molecular flexibility index (Phi) is 4.53. The first-order chi connectivity index (χ1) is 13.2. The summed E-state index contributed by atoms with van der Waals surface area (Å²) < 4.78 is 1.65. The summed E-state index contributed by atoms with van der Waals surface area (Å²) in [6, 6.07) is 16.8. The van der Waals surface area contributed by atoms with Crippen LogP contribution in [-0.4, -0.2) is 30.0 Å². The second kappa shape index (κ2) is 7.14. The van der Waals surface area contributed by atoms with Gasteiger partial charge in [0.15, 0.2) is 5.65 Å². The topological polar surface area (TPSA) is 110 Å². The highest BCUT2D eigenvalue weighted by molar-refractivity contribution is 5.98. The number of aliphatic hydroxyl groups is 2. The molecule has 4 N–H and O–H groups in total. The van der Waals surface area contributed by atoms with E-state index in [1.165, 1.54) is 6.33 Å². The highest BCUT2D eigenvalue weighted by Gasteiger charge is 2.19. The van der Waals surface area contributed by atoms with Crippen molar-refractivity contribution in [1.29, 1.82) is 0 Å². The van der Waals surface area contributed by atoms with Gasteiger partial charge in [0.2, 0.25) is 0 Å². The van der Waals surface area contributed by atoms with Crippen molar-refractivity contribution in [3.63, 3.8) is 0 Å². The number of fused-ring (bicyclic) bond motifs is 1. The van der Waals surface area contributed by atoms with Gasteiger partial charge in [0.25, 0.3) is 0 Å². The molecule has 0 radical (unpaired) electrons. The zero-order valence-corrected chi connectivity index (χ0v) is 14.5. The fourth-order valence-corrected chi connectivity index (χ4v) is 3.07. The molecule has 2 aromatic heterocycles. The summed E-state index contributed by atoms with van der Waals surface area (Å²) in [6.45, 7) is 0.218. The molecule has 4 aromatic rings. The molecular formula is C20H19N5O2. The standard InChI is InChI=1S/C20H19N5O2/c21-19-17-18(15-8-6-13(11-26)7-9-15)24-25(20(17)23-12-22-19)10-16(27)14-4-2-1-3-5-14/h1-9,12,16,26-27H,10-11H2,(H2,21,22,23). The fourth-order valence-electron chi connectivity index (χ4n) is 3.07. The number of hydrogen-bond acceptors (Lipinski definition) is 6. The number of nitrogen functional groups attached to an aromatic ring is 1. The maximum atomic E-state index is 10.6. The Hall–Kier alpha value is -3.29. The second-order valence-electron chi connectivity index (χ2n) is 6.27. The normalized spacial score (nSPS) is 12.4. The molecule has 2 aromatic carbocycles. The predicted octanol–water partition coefficient (Wildman–Crippen LogP) is 2.30. The first kappa shape index (κ1) is 17.1. The summed E-state index contributed by atoms with van der Waals surface area (Å²) in [5.74, 6) is 0.335. The summed E-state index contributed by atoms with van der Waals surface area (Å²) in [7, 11) is 0. The van der Waals surface area contributed by atoms with E-state index in [1.807, 2.05) is 54.6 Å². The largest absolute Gasteiger partial charge is 0.392 e. The third-order valence-electron chi connectivity index (χ3n) is 4.50. The Morgan fingerprint density at radius 3 is 2.44 bits per heavy atom. The molecule has 2 heterocycles. The molecule has 0 saturated carbocycles. The minimum atomic E-state index is -0.727. The Balaban J connectivity index is 1.79. The molecule has 0 spiro atoms. The minimum Gasteiger partial charge on any atom is -0.392 e. The lowest BCUT2D eigenvalue weighted by Crippen LogP contribution is -2.10. The molecule has 0 aliphatic rings. The molecule has 1 atom stereocenters. The van der Waals surface area contributed by atoms with Crippen molar-refractivity contribution in [2.75, 3.05) is 5.73 Å². The lowest BCUT2D eigenvalue weighted by atomic mass is 10.1. The average Bonchev–Trinajstić information content (AvgIpc) is 3.08. The van der Waals surface area contributed by atoms with Crippen LogP contribution in [0.4, 0.5) is 5.82 Å². The summed E-state index contributed by atoms with van der Waals surface area (Å²) in [4.78, 5) is 8.42. The quantitative estimate of drug-likeness (QED) is 0.503. The third-order valence-corrected chi connectivity index (χ3v) is 4.50. The van der Waals surface area contributed by atoms with E-state index in [1.54, 1.807) is 4.68 Å². The predicted molar refractivity (Wildman–Crippen MR) is 102 cm³/mol. The molecule has 0 fully saturated rings. The zero-order chi connectivity index (χ0) is 18.8. The van der Waals surface area contributed by atoms with Gasteiger partial charge in [-0.1, -0.05) is 54.6 Å². The van der Waals surface area contributed by atoms with Gasteiger partial charge in [-0.3, -0.25) is 0 Å². The number of hydrogen-bond donors (Lipinski definition) is 3. The summed E-state index contributed by atoms with van der Waals surface area (Å²) in [5, 5.41) is 25.1. The SMILES string of the molecule is Nc1ncnc2c1c(-c1ccc(CO)cc1)nn2CC(O)c1ccccc1. The number of nitrogens with two attached hydrogens (primary N) is 1. The van der Waals surface area contributed by atoms with E-state index in [9.17, 15) is 10.2 Å². The molecule has 0 bridgehead atoms. The lowest BCUT2D eigenvalue weighted by molar-refractivity contribution is 0.153. The van der Waals surface area contributed by atoms with Gasteiger partial charge >= 0.3 is 0 Å². The Labute approximate surface area is 155 Å². The first-order valence-electron chi connectivity index (χ1n) is 8.57. The van der Waals surface area contributed by atoms with E-state index in [-0.39, 0.29) is 13.2 Å². The first-order valence-corrected chi connectivity index (χ1v) is 8.57. The number of benzene rings is 2. The summed E-state index contributed by atoms with van der Waals surface area (Å²) >= 11 is 0. The zero-order valence-electron chi connectivity index (χ0n) is 14.5. The van der Waals surface area contributed by atoms with Gasteiger partial charge in [-0.25, -0.2) is 14.6 Å². The van der Waals surface area contributed by atoms with E-state index in [0.29, 0.717) is 22.5 Å². The Morgan fingerprint density at radius 2 is 1.74 bits per heavy atom. The number of aliphatic hydroxyl groups excluding tert-OH is 2. The van der Waals surface area contributed by atoms with Crippen LogP contribution in [0.5, 0.6) is 0 Å². The van der Waals surface area contributed by atoms with Crippen LogP contribution in [0, 0.1) is 0 Å². The van der Waals surface area contributed by atoms with Crippen LogP contribution in [0.1, 0.15) is 17.2 Å². The van der Waals surface area contributed by atoms with Crippen LogP contribution >= 0.6 is 0 Å². The van der Waals surface area contributed by atoms with Gasteiger partial charge in [-0.2, -0.15) is 5.10 Å². The fraction of sp³-hybridized carbons (Fsp3) is 0.150. The van der Waals surface area contributed by atoms with Crippen LogP contribution in [0.25, 0.3) is 22.3 Å². The van der Waals surface area contributed by atoms with Crippen molar-refractivity contribution in [3.05, 3.63) is 72.1 Å². The van der Waals surface area contributed by atoms with E-state index in [2.05, 4.69) is 15.1 Å². The number of aromatic nitrogens is 4. The van der Waals surface area contributed by atoms with Crippen LogP contribution < -0.4 is 5.73 Å².